The second kappa shape index (κ2) is 6.56. The summed E-state index contributed by atoms with van der Waals surface area (Å²) in [6.07, 6.45) is 5.53. The monoisotopic (exact) mass is 223 g/mol. The van der Waals surface area contributed by atoms with Crippen molar-refractivity contribution in [2.24, 2.45) is 5.92 Å². The van der Waals surface area contributed by atoms with Gasteiger partial charge in [-0.2, -0.15) is 5.10 Å². The molecular weight excluding hydrogens is 198 g/mol. The molecule has 0 saturated heterocycles. The van der Waals surface area contributed by atoms with E-state index in [-0.39, 0.29) is 0 Å². The van der Waals surface area contributed by atoms with E-state index in [1.54, 1.807) is 0 Å². The number of nitrogens with zero attached hydrogens (tertiary/aromatic N) is 2. The van der Waals surface area contributed by atoms with Crippen molar-refractivity contribution in [1.29, 1.82) is 0 Å². The lowest BCUT2D eigenvalue weighted by Crippen LogP contribution is -2.16. The second-order valence-electron chi connectivity index (χ2n) is 4.69. The largest absolute Gasteiger partial charge is 0.370 e. The van der Waals surface area contributed by atoms with Crippen molar-refractivity contribution in [3.05, 3.63) is 12.3 Å². The molecule has 1 N–H and O–H groups in total. The maximum absolute atomic E-state index is 4.37. The molecule has 92 valence electrons. The summed E-state index contributed by atoms with van der Waals surface area (Å²) in [6, 6.07) is 2.53. The van der Waals surface area contributed by atoms with Crippen molar-refractivity contribution >= 4 is 5.82 Å². The second-order valence-corrected chi connectivity index (χ2v) is 4.69. The van der Waals surface area contributed by atoms with Gasteiger partial charge in [0, 0.05) is 12.6 Å². The topological polar surface area (TPSA) is 29.9 Å². The van der Waals surface area contributed by atoms with Gasteiger partial charge in [-0.25, -0.2) is 4.68 Å². The minimum absolute atomic E-state index is 0.471. The first-order chi connectivity index (χ1) is 7.69. The standard InChI is InChI=1S/C13H25N3/c1-5-7-11(3)10-14-13-8-9-15-16(13)12(4)6-2/h8-9,11-12,14H,5-7,10H2,1-4H3. The molecule has 0 spiro atoms. The van der Waals surface area contributed by atoms with E-state index in [1.807, 2.05) is 6.20 Å². The van der Waals surface area contributed by atoms with Crippen molar-refractivity contribution < 1.29 is 0 Å². The lowest BCUT2D eigenvalue weighted by molar-refractivity contribution is 0.478. The first-order valence-corrected chi connectivity index (χ1v) is 6.46. The van der Waals surface area contributed by atoms with Crippen LogP contribution in [0, 0.1) is 5.92 Å². The fraction of sp³-hybridized carbons (Fsp3) is 0.769. The van der Waals surface area contributed by atoms with Crippen LogP contribution in [0.5, 0.6) is 0 Å². The van der Waals surface area contributed by atoms with Gasteiger partial charge in [-0.05, 0) is 25.7 Å². The molecule has 0 aliphatic heterocycles. The van der Waals surface area contributed by atoms with E-state index in [0.29, 0.717) is 6.04 Å². The lowest BCUT2D eigenvalue weighted by atomic mass is 10.1. The normalized spacial score (nSPS) is 14.8. The number of aromatic nitrogens is 2. The van der Waals surface area contributed by atoms with E-state index in [1.165, 1.54) is 12.8 Å². The quantitative estimate of drug-likeness (QED) is 0.763. The number of anilines is 1. The molecule has 3 nitrogen and oxygen atoms in total. The summed E-state index contributed by atoms with van der Waals surface area (Å²) in [7, 11) is 0. The highest BCUT2D eigenvalue weighted by Gasteiger charge is 2.08. The maximum Gasteiger partial charge on any atom is 0.124 e. The molecule has 0 saturated carbocycles. The van der Waals surface area contributed by atoms with Gasteiger partial charge in [-0.1, -0.05) is 27.2 Å². The number of hydrogen-bond acceptors (Lipinski definition) is 2. The molecule has 0 aromatic carbocycles. The Balaban J connectivity index is 2.50. The molecular formula is C13H25N3. The van der Waals surface area contributed by atoms with Gasteiger partial charge in [0.15, 0.2) is 0 Å². The zero-order valence-corrected chi connectivity index (χ0v) is 11.0. The van der Waals surface area contributed by atoms with Gasteiger partial charge in [0.2, 0.25) is 0 Å². The average Bonchev–Trinajstić information content (AvgIpc) is 2.74. The van der Waals surface area contributed by atoms with Crippen LogP contribution >= 0.6 is 0 Å². The number of hydrogen-bond donors (Lipinski definition) is 1. The van der Waals surface area contributed by atoms with Gasteiger partial charge in [0.1, 0.15) is 5.82 Å². The Morgan fingerprint density at radius 3 is 2.75 bits per heavy atom. The molecule has 0 aliphatic carbocycles. The fourth-order valence-electron chi connectivity index (χ4n) is 1.85. The third kappa shape index (κ3) is 3.54. The van der Waals surface area contributed by atoms with Crippen LogP contribution in [0.25, 0.3) is 0 Å². The first-order valence-electron chi connectivity index (χ1n) is 6.46. The minimum atomic E-state index is 0.471. The Hall–Kier alpha value is -0.990. The van der Waals surface area contributed by atoms with Crippen LogP contribution in [0.2, 0.25) is 0 Å². The van der Waals surface area contributed by atoms with Crippen molar-refractivity contribution in [3.63, 3.8) is 0 Å². The zero-order valence-electron chi connectivity index (χ0n) is 11.0. The Labute approximate surface area is 99.2 Å². The summed E-state index contributed by atoms with van der Waals surface area (Å²) in [5.74, 6) is 1.88. The summed E-state index contributed by atoms with van der Waals surface area (Å²) >= 11 is 0. The van der Waals surface area contributed by atoms with Gasteiger partial charge in [0.25, 0.3) is 0 Å². The van der Waals surface area contributed by atoms with E-state index in [4.69, 9.17) is 0 Å². The maximum atomic E-state index is 4.37. The molecule has 0 fully saturated rings. The summed E-state index contributed by atoms with van der Waals surface area (Å²) in [4.78, 5) is 0. The van der Waals surface area contributed by atoms with E-state index in [2.05, 4.69) is 48.9 Å². The van der Waals surface area contributed by atoms with E-state index in [9.17, 15) is 0 Å². The van der Waals surface area contributed by atoms with Crippen molar-refractivity contribution in [1.82, 2.24) is 9.78 Å². The Morgan fingerprint density at radius 2 is 2.12 bits per heavy atom. The SMILES string of the molecule is CCCC(C)CNc1ccnn1C(C)CC. The molecule has 3 heteroatoms. The smallest absolute Gasteiger partial charge is 0.124 e. The molecule has 0 aliphatic rings. The predicted octanol–water partition coefficient (Wildman–Crippen LogP) is 3.70. The van der Waals surface area contributed by atoms with Gasteiger partial charge in [0.05, 0.1) is 12.2 Å². The summed E-state index contributed by atoms with van der Waals surface area (Å²) < 4.78 is 2.08. The molecule has 1 aromatic heterocycles. The molecule has 1 rings (SSSR count). The van der Waals surface area contributed by atoms with Crippen LogP contribution in [0.1, 0.15) is 53.0 Å². The Morgan fingerprint density at radius 1 is 1.38 bits per heavy atom. The van der Waals surface area contributed by atoms with E-state index >= 15 is 0 Å². The van der Waals surface area contributed by atoms with Crippen LogP contribution in [0.4, 0.5) is 5.82 Å². The Bertz CT molecular complexity index is 293. The van der Waals surface area contributed by atoms with Crippen LogP contribution in [-0.2, 0) is 0 Å². The molecule has 0 bridgehead atoms. The highest BCUT2D eigenvalue weighted by Crippen LogP contribution is 2.17. The molecule has 0 radical (unpaired) electrons. The van der Waals surface area contributed by atoms with Gasteiger partial charge in [-0.15, -0.1) is 0 Å². The third-order valence-electron chi connectivity index (χ3n) is 3.09. The predicted molar refractivity (Wildman–Crippen MR) is 69.8 cm³/mol. The van der Waals surface area contributed by atoms with Gasteiger partial charge >= 0.3 is 0 Å². The van der Waals surface area contributed by atoms with Crippen molar-refractivity contribution in [2.45, 2.75) is 53.0 Å². The van der Waals surface area contributed by atoms with Crippen molar-refractivity contribution in [2.75, 3.05) is 11.9 Å². The highest BCUT2D eigenvalue weighted by atomic mass is 15.3. The minimum Gasteiger partial charge on any atom is -0.370 e. The first kappa shape index (κ1) is 13.1. The lowest BCUT2D eigenvalue weighted by Gasteiger charge is -2.17. The molecule has 1 aromatic rings. The zero-order chi connectivity index (χ0) is 12.0. The third-order valence-corrected chi connectivity index (χ3v) is 3.09. The molecule has 2 atom stereocenters. The Kier molecular flexibility index (Phi) is 5.36. The molecule has 2 unspecified atom stereocenters. The van der Waals surface area contributed by atoms with Crippen molar-refractivity contribution in [3.8, 4) is 0 Å². The number of rotatable bonds is 7. The molecule has 16 heavy (non-hydrogen) atoms. The highest BCUT2D eigenvalue weighted by molar-refractivity contribution is 5.34. The molecule has 0 amide bonds. The van der Waals surface area contributed by atoms with Crippen LogP contribution in [-0.4, -0.2) is 16.3 Å². The fourth-order valence-corrected chi connectivity index (χ4v) is 1.85. The van der Waals surface area contributed by atoms with Crippen LogP contribution < -0.4 is 5.32 Å². The summed E-state index contributed by atoms with van der Waals surface area (Å²) in [6.45, 7) is 9.96. The summed E-state index contributed by atoms with van der Waals surface area (Å²) in [5, 5.41) is 7.86. The van der Waals surface area contributed by atoms with Gasteiger partial charge < -0.3 is 5.32 Å². The molecule has 1 heterocycles. The summed E-state index contributed by atoms with van der Waals surface area (Å²) in [5.41, 5.74) is 0. The van der Waals surface area contributed by atoms with Gasteiger partial charge in [-0.3, -0.25) is 0 Å². The van der Waals surface area contributed by atoms with E-state index < -0.39 is 0 Å². The van der Waals surface area contributed by atoms with E-state index in [0.717, 1.165) is 24.7 Å². The number of nitrogens with one attached hydrogen (secondary N) is 1. The van der Waals surface area contributed by atoms with Crippen LogP contribution in [0.15, 0.2) is 12.3 Å². The van der Waals surface area contributed by atoms with Crippen LogP contribution in [0.3, 0.4) is 0 Å². The average molecular weight is 223 g/mol.